The molecule has 2 aromatic rings. The highest BCUT2D eigenvalue weighted by atomic mass is 32.1. The van der Waals surface area contributed by atoms with Gasteiger partial charge >= 0.3 is 0 Å². The maximum Gasteiger partial charge on any atom is 0.257 e. The van der Waals surface area contributed by atoms with Gasteiger partial charge in [0.1, 0.15) is 11.8 Å². The lowest BCUT2D eigenvalue weighted by molar-refractivity contribution is -0.122. The van der Waals surface area contributed by atoms with Gasteiger partial charge in [-0.05, 0) is 61.8 Å². The summed E-state index contributed by atoms with van der Waals surface area (Å²) in [6, 6.07) is 16.5. The van der Waals surface area contributed by atoms with Crippen LogP contribution in [-0.2, 0) is 16.0 Å². The highest BCUT2D eigenvalue weighted by Gasteiger charge is 2.43. The Morgan fingerprint density at radius 1 is 1.13 bits per heavy atom. The zero-order valence-corrected chi connectivity index (χ0v) is 18.9. The van der Waals surface area contributed by atoms with Gasteiger partial charge in [-0.15, -0.1) is 0 Å². The maximum absolute atomic E-state index is 13.3. The molecule has 164 valence electrons. The molecule has 0 saturated carbocycles. The molecule has 1 unspecified atom stereocenters. The van der Waals surface area contributed by atoms with E-state index < -0.39 is 6.04 Å². The molecule has 1 atom stereocenters. The number of ether oxygens (including phenoxy) is 1. The molecule has 2 amide bonds. The number of carbonyl (C=O) groups excluding carboxylic acids is 2. The predicted octanol–water partition coefficient (Wildman–Crippen LogP) is 3.55. The van der Waals surface area contributed by atoms with Gasteiger partial charge in [0, 0.05) is 13.1 Å². The Morgan fingerprint density at radius 3 is 2.48 bits per heavy atom. The monoisotopic (exact) mass is 439 g/mol. The van der Waals surface area contributed by atoms with Crippen LogP contribution in [-0.4, -0.2) is 47.6 Å². The zero-order valence-electron chi connectivity index (χ0n) is 18.0. The van der Waals surface area contributed by atoms with Crippen molar-refractivity contribution in [2.75, 3.05) is 24.6 Å². The molecular weight excluding hydrogens is 410 g/mol. The van der Waals surface area contributed by atoms with Crippen molar-refractivity contribution in [3.63, 3.8) is 0 Å². The number of imide groups is 1. The average molecular weight is 440 g/mol. The summed E-state index contributed by atoms with van der Waals surface area (Å²) in [5.41, 5.74) is 1.71. The van der Waals surface area contributed by atoms with Crippen molar-refractivity contribution in [2.24, 2.45) is 0 Å². The smallest absolute Gasteiger partial charge is 0.257 e. The molecular formula is C24H29N3O3S. The second-order valence-electron chi connectivity index (χ2n) is 7.39. The van der Waals surface area contributed by atoms with Crippen LogP contribution >= 0.6 is 12.2 Å². The van der Waals surface area contributed by atoms with E-state index in [9.17, 15) is 9.59 Å². The summed E-state index contributed by atoms with van der Waals surface area (Å²) in [4.78, 5) is 29.2. The summed E-state index contributed by atoms with van der Waals surface area (Å²) < 4.78 is 5.60. The number of hydrogen-bond acceptors (Lipinski definition) is 4. The Morgan fingerprint density at radius 2 is 1.84 bits per heavy atom. The fourth-order valence-electron chi connectivity index (χ4n) is 3.59. The number of thiocarbonyl (C=S) groups is 1. The van der Waals surface area contributed by atoms with Gasteiger partial charge in [-0.1, -0.05) is 37.3 Å². The van der Waals surface area contributed by atoms with Gasteiger partial charge in [0.05, 0.1) is 18.7 Å². The van der Waals surface area contributed by atoms with Crippen molar-refractivity contribution in [1.82, 2.24) is 10.2 Å². The Bertz CT molecular complexity index is 902. The molecule has 6 nitrogen and oxygen atoms in total. The molecule has 1 aliphatic heterocycles. The van der Waals surface area contributed by atoms with Gasteiger partial charge in [0.25, 0.3) is 5.91 Å². The summed E-state index contributed by atoms with van der Waals surface area (Å²) in [6.45, 7) is 5.83. The van der Waals surface area contributed by atoms with E-state index in [2.05, 4.69) is 5.32 Å². The average Bonchev–Trinajstić information content (AvgIpc) is 3.07. The van der Waals surface area contributed by atoms with E-state index in [0.29, 0.717) is 30.5 Å². The van der Waals surface area contributed by atoms with Crippen LogP contribution in [0.15, 0.2) is 54.6 Å². The Labute approximate surface area is 189 Å². The van der Waals surface area contributed by atoms with Crippen LogP contribution in [0.1, 0.15) is 32.3 Å². The second-order valence-corrected chi connectivity index (χ2v) is 7.78. The van der Waals surface area contributed by atoms with E-state index in [1.807, 2.05) is 49.1 Å². The van der Waals surface area contributed by atoms with Crippen molar-refractivity contribution < 1.29 is 14.3 Å². The topological polar surface area (TPSA) is 61.9 Å². The molecule has 1 heterocycles. The summed E-state index contributed by atoms with van der Waals surface area (Å²) >= 11 is 5.55. The summed E-state index contributed by atoms with van der Waals surface area (Å²) in [5.74, 6) is 0.251. The van der Waals surface area contributed by atoms with Crippen LogP contribution in [0.4, 0.5) is 5.69 Å². The van der Waals surface area contributed by atoms with Gasteiger partial charge in [-0.25, -0.2) is 4.90 Å². The van der Waals surface area contributed by atoms with E-state index >= 15 is 0 Å². The van der Waals surface area contributed by atoms with Gasteiger partial charge in [0.15, 0.2) is 5.11 Å². The van der Waals surface area contributed by atoms with Crippen molar-refractivity contribution in [1.29, 1.82) is 0 Å². The molecule has 0 bridgehead atoms. The molecule has 1 fully saturated rings. The lowest BCUT2D eigenvalue weighted by atomic mass is 10.1. The molecule has 7 heteroatoms. The summed E-state index contributed by atoms with van der Waals surface area (Å²) in [7, 11) is 0. The number of carbonyl (C=O) groups is 2. The fraction of sp³-hybridized carbons (Fsp3) is 0.375. The summed E-state index contributed by atoms with van der Waals surface area (Å²) in [5, 5.41) is 3.63. The number of nitrogens with one attached hydrogen (secondary N) is 1. The molecule has 1 N–H and O–H groups in total. The minimum Gasteiger partial charge on any atom is -0.494 e. The maximum atomic E-state index is 13.3. The Hall–Kier alpha value is -2.93. The first-order valence-electron chi connectivity index (χ1n) is 10.7. The number of nitrogens with zero attached hydrogens (tertiary/aromatic N) is 2. The van der Waals surface area contributed by atoms with Crippen molar-refractivity contribution >= 4 is 34.8 Å². The third kappa shape index (κ3) is 5.61. The van der Waals surface area contributed by atoms with Crippen molar-refractivity contribution in [3.8, 4) is 5.75 Å². The van der Waals surface area contributed by atoms with Crippen LogP contribution in [0.2, 0.25) is 0 Å². The highest BCUT2D eigenvalue weighted by Crippen LogP contribution is 2.28. The number of amides is 2. The van der Waals surface area contributed by atoms with Crippen molar-refractivity contribution in [3.05, 3.63) is 60.2 Å². The van der Waals surface area contributed by atoms with Gasteiger partial charge in [-0.3, -0.25) is 9.59 Å². The standard InChI is InChI=1S/C24H29N3O3S/c1-3-16-30-20-12-10-19(11-13-20)27-22(28)17-21(23(27)29)26(24(31)25-4-2)15-14-18-8-6-5-7-9-18/h5-13,21H,3-4,14-17H2,1-2H3,(H,25,31). The molecule has 3 rings (SSSR count). The predicted molar refractivity (Wildman–Crippen MR) is 126 cm³/mol. The zero-order chi connectivity index (χ0) is 22.2. The Balaban J connectivity index is 1.76. The number of benzene rings is 2. The SMILES string of the molecule is CCCOc1ccc(N2C(=O)CC(N(CCc3ccccc3)C(=S)NCC)C2=O)cc1. The lowest BCUT2D eigenvalue weighted by Crippen LogP contribution is -2.50. The van der Waals surface area contributed by atoms with Crippen LogP contribution in [0.3, 0.4) is 0 Å². The highest BCUT2D eigenvalue weighted by molar-refractivity contribution is 7.80. The molecule has 1 aliphatic rings. The van der Waals surface area contributed by atoms with E-state index in [4.69, 9.17) is 17.0 Å². The first kappa shape index (κ1) is 22.7. The minimum absolute atomic E-state index is 0.104. The van der Waals surface area contributed by atoms with Crippen LogP contribution in [0.5, 0.6) is 5.75 Å². The van der Waals surface area contributed by atoms with Crippen molar-refractivity contribution in [2.45, 2.75) is 39.2 Å². The van der Waals surface area contributed by atoms with Gasteiger partial charge < -0.3 is 15.0 Å². The molecule has 31 heavy (non-hydrogen) atoms. The van der Waals surface area contributed by atoms with E-state index in [1.54, 1.807) is 24.3 Å². The van der Waals surface area contributed by atoms with Gasteiger partial charge in [-0.2, -0.15) is 0 Å². The lowest BCUT2D eigenvalue weighted by Gasteiger charge is -2.30. The molecule has 0 radical (unpaired) electrons. The number of rotatable bonds is 9. The number of hydrogen-bond donors (Lipinski definition) is 1. The van der Waals surface area contributed by atoms with Crippen LogP contribution in [0.25, 0.3) is 0 Å². The third-order valence-electron chi connectivity index (χ3n) is 5.14. The number of anilines is 1. The molecule has 2 aromatic carbocycles. The first-order valence-corrected chi connectivity index (χ1v) is 11.1. The second kappa shape index (κ2) is 10.9. The van der Waals surface area contributed by atoms with Gasteiger partial charge in [0.2, 0.25) is 5.91 Å². The first-order chi connectivity index (χ1) is 15.0. The Kier molecular flexibility index (Phi) is 8.00. The van der Waals surface area contributed by atoms with Crippen LogP contribution in [0, 0.1) is 0 Å². The molecule has 0 aromatic heterocycles. The molecule has 1 saturated heterocycles. The summed E-state index contributed by atoms with van der Waals surface area (Å²) in [6.07, 6.45) is 1.75. The third-order valence-corrected chi connectivity index (χ3v) is 5.52. The fourth-order valence-corrected chi connectivity index (χ4v) is 3.95. The normalized spacial score (nSPS) is 15.8. The van der Waals surface area contributed by atoms with E-state index in [-0.39, 0.29) is 18.2 Å². The quantitative estimate of drug-likeness (QED) is 0.476. The van der Waals surface area contributed by atoms with Crippen LogP contribution < -0.4 is 15.0 Å². The minimum atomic E-state index is -0.612. The molecule has 0 spiro atoms. The van der Waals surface area contributed by atoms with E-state index in [0.717, 1.165) is 24.2 Å². The van der Waals surface area contributed by atoms with E-state index in [1.165, 1.54) is 4.90 Å². The molecule has 0 aliphatic carbocycles. The largest absolute Gasteiger partial charge is 0.494 e.